The summed E-state index contributed by atoms with van der Waals surface area (Å²) in [6, 6.07) is 17.2. The van der Waals surface area contributed by atoms with Crippen molar-refractivity contribution in [1.82, 2.24) is 19.5 Å². The average Bonchev–Trinajstić information content (AvgIpc) is 3.13. The Kier molecular flexibility index (Phi) is 4.43. The molecule has 142 valence electrons. The van der Waals surface area contributed by atoms with E-state index in [0.717, 1.165) is 49.5 Å². The molecule has 2 aromatic carbocycles. The first-order chi connectivity index (χ1) is 13.8. The SMILES string of the molecule is NC1CCN(Cc2ccn3ncnc(Nc4ccc5ccccc5c4)c23)CC1. The van der Waals surface area contributed by atoms with Crippen molar-refractivity contribution in [3.8, 4) is 0 Å². The molecule has 0 aliphatic carbocycles. The molecule has 0 saturated carbocycles. The Morgan fingerprint density at radius 2 is 1.86 bits per heavy atom. The lowest BCUT2D eigenvalue weighted by molar-refractivity contribution is 0.206. The highest BCUT2D eigenvalue weighted by molar-refractivity contribution is 5.87. The summed E-state index contributed by atoms with van der Waals surface area (Å²) >= 11 is 0. The van der Waals surface area contributed by atoms with Crippen LogP contribution in [0.2, 0.25) is 0 Å². The first kappa shape index (κ1) is 17.2. The summed E-state index contributed by atoms with van der Waals surface area (Å²) < 4.78 is 1.90. The predicted molar refractivity (Wildman–Crippen MR) is 113 cm³/mol. The Morgan fingerprint density at radius 3 is 2.71 bits per heavy atom. The van der Waals surface area contributed by atoms with E-state index in [9.17, 15) is 0 Å². The molecule has 0 unspecified atom stereocenters. The van der Waals surface area contributed by atoms with Gasteiger partial charge in [-0.25, -0.2) is 9.50 Å². The van der Waals surface area contributed by atoms with Gasteiger partial charge < -0.3 is 11.1 Å². The molecule has 0 amide bonds. The second kappa shape index (κ2) is 7.22. The lowest BCUT2D eigenvalue weighted by atomic mass is 10.1. The summed E-state index contributed by atoms with van der Waals surface area (Å²) in [5, 5.41) is 10.3. The van der Waals surface area contributed by atoms with Crippen molar-refractivity contribution in [3.63, 3.8) is 0 Å². The first-order valence-electron chi connectivity index (χ1n) is 9.81. The lowest BCUT2D eigenvalue weighted by Crippen LogP contribution is -2.39. The number of piperidine rings is 1. The Bertz CT molecular complexity index is 1110. The third kappa shape index (κ3) is 3.32. The fourth-order valence-electron chi connectivity index (χ4n) is 3.99. The van der Waals surface area contributed by atoms with E-state index >= 15 is 0 Å². The van der Waals surface area contributed by atoms with Crippen molar-refractivity contribution < 1.29 is 0 Å². The van der Waals surface area contributed by atoms with Crippen molar-refractivity contribution in [3.05, 3.63) is 66.6 Å². The fourth-order valence-corrected chi connectivity index (χ4v) is 3.99. The molecular formula is C22H24N6. The van der Waals surface area contributed by atoms with Gasteiger partial charge in [0.2, 0.25) is 0 Å². The largest absolute Gasteiger partial charge is 0.338 e. The van der Waals surface area contributed by atoms with E-state index < -0.39 is 0 Å². The number of nitrogens with zero attached hydrogens (tertiary/aromatic N) is 4. The van der Waals surface area contributed by atoms with Crippen LogP contribution in [0.4, 0.5) is 11.5 Å². The molecule has 28 heavy (non-hydrogen) atoms. The Hall–Kier alpha value is -2.96. The highest BCUT2D eigenvalue weighted by Gasteiger charge is 2.18. The van der Waals surface area contributed by atoms with Gasteiger partial charge in [0.05, 0.1) is 0 Å². The van der Waals surface area contributed by atoms with E-state index in [1.54, 1.807) is 6.33 Å². The molecule has 0 bridgehead atoms. The number of hydrogen-bond donors (Lipinski definition) is 2. The van der Waals surface area contributed by atoms with Crippen LogP contribution in [0.3, 0.4) is 0 Å². The molecule has 6 nitrogen and oxygen atoms in total. The number of nitrogens with two attached hydrogens (primary N) is 1. The maximum absolute atomic E-state index is 6.05. The predicted octanol–water partition coefficient (Wildman–Crippen LogP) is 3.55. The monoisotopic (exact) mass is 372 g/mol. The van der Waals surface area contributed by atoms with E-state index in [2.05, 4.69) is 68.8 Å². The van der Waals surface area contributed by atoms with Crippen LogP contribution < -0.4 is 11.1 Å². The molecule has 1 aliphatic rings. The zero-order chi connectivity index (χ0) is 18.9. The zero-order valence-electron chi connectivity index (χ0n) is 15.8. The van der Waals surface area contributed by atoms with Gasteiger partial charge in [0.15, 0.2) is 5.82 Å². The van der Waals surface area contributed by atoms with Crippen molar-refractivity contribution in [2.24, 2.45) is 5.73 Å². The normalized spacial score (nSPS) is 16.0. The standard InChI is InChI=1S/C22H24N6/c23-19-8-10-27(11-9-19)14-18-7-12-28-21(18)22(24-15-25-28)26-20-6-5-16-3-1-2-4-17(16)13-20/h1-7,12-13,15,19H,8-11,14,23H2,(H,24,25,26). The fraction of sp³-hybridized carbons (Fsp3) is 0.273. The van der Waals surface area contributed by atoms with E-state index in [0.29, 0.717) is 6.04 Å². The minimum Gasteiger partial charge on any atom is -0.338 e. The number of hydrogen-bond acceptors (Lipinski definition) is 5. The quantitative estimate of drug-likeness (QED) is 0.573. The molecule has 0 spiro atoms. The third-order valence-corrected chi connectivity index (χ3v) is 5.58. The molecule has 5 rings (SSSR count). The molecule has 0 radical (unpaired) electrons. The lowest BCUT2D eigenvalue weighted by Gasteiger charge is -2.29. The van der Waals surface area contributed by atoms with Gasteiger partial charge in [-0.3, -0.25) is 4.90 Å². The molecule has 3 heterocycles. The molecule has 1 aliphatic heterocycles. The molecule has 1 saturated heterocycles. The number of fused-ring (bicyclic) bond motifs is 2. The van der Waals surface area contributed by atoms with Gasteiger partial charge in [-0.2, -0.15) is 5.10 Å². The highest BCUT2D eigenvalue weighted by atomic mass is 15.3. The van der Waals surface area contributed by atoms with Crippen LogP contribution in [0.15, 0.2) is 61.1 Å². The van der Waals surface area contributed by atoms with Gasteiger partial charge in [0.1, 0.15) is 11.8 Å². The summed E-state index contributed by atoms with van der Waals surface area (Å²) in [7, 11) is 0. The third-order valence-electron chi connectivity index (χ3n) is 5.58. The van der Waals surface area contributed by atoms with Crippen LogP contribution in [-0.2, 0) is 6.54 Å². The minimum absolute atomic E-state index is 0.343. The van der Waals surface area contributed by atoms with Crippen LogP contribution >= 0.6 is 0 Å². The molecule has 3 N–H and O–H groups in total. The van der Waals surface area contributed by atoms with Gasteiger partial charge in [0, 0.05) is 24.5 Å². The van der Waals surface area contributed by atoms with E-state index in [4.69, 9.17) is 5.73 Å². The molecule has 0 atom stereocenters. The Balaban J connectivity index is 1.46. The van der Waals surface area contributed by atoms with Gasteiger partial charge >= 0.3 is 0 Å². The number of nitrogens with one attached hydrogen (secondary N) is 1. The van der Waals surface area contributed by atoms with Crippen molar-refractivity contribution in [2.75, 3.05) is 18.4 Å². The summed E-state index contributed by atoms with van der Waals surface area (Å²) in [5.74, 6) is 0.832. The maximum Gasteiger partial charge on any atom is 0.158 e. The van der Waals surface area contributed by atoms with Gasteiger partial charge in [0.25, 0.3) is 0 Å². The van der Waals surface area contributed by atoms with Crippen molar-refractivity contribution in [1.29, 1.82) is 0 Å². The van der Waals surface area contributed by atoms with E-state index in [1.165, 1.54) is 16.3 Å². The Morgan fingerprint density at radius 1 is 1.04 bits per heavy atom. The maximum atomic E-state index is 6.05. The smallest absolute Gasteiger partial charge is 0.158 e. The highest BCUT2D eigenvalue weighted by Crippen LogP contribution is 2.26. The molecule has 4 aromatic rings. The van der Waals surface area contributed by atoms with Gasteiger partial charge in [-0.15, -0.1) is 0 Å². The van der Waals surface area contributed by atoms with E-state index in [-0.39, 0.29) is 0 Å². The molecule has 1 fully saturated rings. The summed E-state index contributed by atoms with van der Waals surface area (Å²) in [6.45, 7) is 2.97. The van der Waals surface area contributed by atoms with Crippen molar-refractivity contribution >= 4 is 27.8 Å². The van der Waals surface area contributed by atoms with Crippen LogP contribution in [0.25, 0.3) is 16.3 Å². The van der Waals surface area contributed by atoms with Gasteiger partial charge in [-0.1, -0.05) is 30.3 Å². The zero-order valence-corrected chi connectivity index (χ0v) is 15.8. The number of rotatable bonds is 4. The second-order valence-corrected chi connectivity index (χ2v) is 7.54. The van der Waals surface area contributed by atoms with Crippen LogP contribution in [0.5, 0.6) is 0 Å². The number of benzene rings is 2. The van der Waals surface area contributed by atoms with Crippen LogP contribution in [-0.4, -0.2) is 38.6 Å². The average molecular weight is 372 g/mol. The summed E-state index contributed by atoms with van der Waals surface area (Å²) in [6.07, 6.45) is 5.72. The molecule has 2 aromatic heterocycles. The number of likely N-dealkylation sites (tertiary alicyclic amines) is 1. The number of anilines is 2. The minimum atomic E-state index is 0.343. The summed E-state index contributed by atoms with van der Waals surface area (Å²) in [4.78, 5) is 7.00. The van der Waals surface area contributed by atoms with Gasteiger partial charge in [-0.05, 0) is 60.5 Å². The topological polar surface area (TPSA) is 71.5 Å². The Labute approximate surface area is 164 Å². The van der Waals surface area contributed by atoms with Crippen molar-refractivity contribution in [2.45, 2.75) is 25.4 Å². The summed E-state index contributed by atoms with van der Waals surface area (Å²) in [5.41, 5.74) is 9.34. The molecule has 6 heteroatoms. The first-order valence-corrected chi connectivity index (χ1v) is 9.81. The van der Waals surface area contributed by atoms with Crippen LogP contribution in [0.1, 0.15) is 18.4 Å². The van der Waals surface area contributed by atoms with E-state index in [1.807, 2.05) is 10.7 Å². The second-order valence-electron chi connectivity index (χ2n) is 7.54. The molecular weight excluding hydrogens is 348 g/mol. The van der Waals surface area contributed by atoms with Crippen LogP contribution in [0, 0.1) is 0 Å². The number of aromatic nitrogens is 3.